The van der Waals surface area contributed by atoms with E-state index in [-0.39, 0.29) is 0 Å². The predicted molar refractivity (Wildman–Crippen MR) is 549 cm³/mol. The second kappa shape index (κ2) is 38.1. The van der Waals surface area contributed by atoms with E-state index in [0.29, 0.717) is 11.8 Å². The van der Waals surface area contributed by atoms with Crippen LogP contribution in [0.4, 0.5) is 0 Å². The third-order valence-corrected chi connectivity index (χ3v) is 25.8. The van der Waals surface area contributed by atoms with Crippen LogP contribution < -0.4 is 18.3 Å². The van der Waals surface area contributed by atoms with E-state index in [9.17, 15) is 0 Å². The number of aromatic nitrogens is 12. The number of fused-ring (bicyclic) bond motifs is 3. The fraction of sp³-hybridized carbons (Fsp3) is 0.233. The summed E-state index contributed by atoms with van der Waals surface area (Å²) < 4.78 is 24.1. The Bertz CT molecular complexity index is 7490. The van der Waals surface area contributed by atoms with Crippen LogP contribution in [-0.2, 0) is 28.2 Å². The molecule has 133 heavy (non-hydrogen) atoms. The molecule has 0 saturated heterocycles. The first-order chi connectivity index (χ1) is 63.7. The van der Waals surface area contributed by atoms with Gasteiger partial charge in [0, 0.05) is 10.8 Å². The smallest absolute Gasteiger partial charge is 0.309 e. The second-order valence-corrected chi connectivity index (χ2v) is 37.6. The lowest BCUT2D eigenvalue weighted by atomic mass is 9.92. The average molecular weight is 1750 g/mol. The zero-order valence-electron chi connectivity index (χ0n) is 82.5. The lowest BCUT2D eigenvalue weighted by molar-refractivity contribution is -0.649. The van der Waals surface area contributed by atoms with Crippen LogP contribution in [0.15, 0.2) is 283 Å². The van der Waals surface area contributed by atoms with E-state index in [0.717, 1.165) is 119 Å². The summed E-state index contributed by atoms with van der Waals surface area (Å²) >= 11 is 0. The summed E-state index contributed by atoms with van der Waals surface area (Å²) in [6.07, 6.45) is 0. The number of nitrogens with zero attached hydrogens (tertiary/aromatic N) is 12. The van der Waals surface area contributed by atoms with Crippen LogP contribution >= 0.6 is 0 Å². The average Bonchev–Trinajstić information content (AvgIpc) is 1.58. The molecule has 0 unspecified atom stereocenters. The van der Waals surface area contributed by atoms with Crippen molar-refractivity contribution in [2.24, 2.45) is 28.2 Å². The molecule has 13 nitrogen and oxygen atoms in total. The molecule has 19 aromatic rings. The maximum absolute atomic E-state index is 6.52. The summed E-state index contributed by atoms with van der Waals surface area (Å²) in [5.41, 5.74) is 42.7. The van der Waals surface area contributed by atoms with Crippen LogP contribution in [0, 0.1) is 125 Å². The van der Waals surface area contributed by atoms with Crippen LogP contribution in [0.25, 0.3) is 147 Å². The second-order valence-electron chi connectivity index (χ2n) is 37.6. The lowest BCUT2D eigenvalue weighted by Crippen LogP contribution is -2.32. The maximum atomic E-state index is 6.52. The van der Waals surface area contributed by atoms with E-state index in [1.54, 1.807) is 0 Å². The minimum Gasteiger partial charge on any atom is -0.455 e. The molecule has 5 heterocycles. The van der Waals surface area contributed by atoms with E-state index in [1.165, 1.54) is 139 Å². The topological polar surface area (TPSA) is 99.9 Å². The number of aryl methyl sites for hydroxylation is 18. The number of para-hydroxylation sites is 4. The van der Waals surface area contributed by atoms with Crippen LogP contribution in [-0.4, -0.2) is 39.1 Å². The Kier molecular flexibility index (Phi) is 26.3. The van der Waals surface area contributed by atoms with Crippen molar-refractivity contribution in [3.63, 3.8) is 0 Å². The molecule has 0 aliphatic carbocycles. The highest BCUT2D eigenvalue weighted by Crippen LogP contribution is 2.42. The molecule has 0 bridgehead atoms. The summed E-state index contributed by atoms with van der Waals surface area (Å²) in [4.78, 5) is 0. The largest absolute Gasteiger partial charge is 0.455 e. The fourth-order valence-electron chi connectivity index (χ4n) is 19.8. The summed E-state index contributed by atoms with van der Waals surface area (Å²) in [6, 6.07) is 99.6. The molecule has 0 amide bonds. The van der Waals surface area contributed by atoms with E-state index in [4.69, 9.17) is 24.8 Å². The van der Waals surface area contributed by atoms with Gasteiger partial charge in [-0.1, -0.05) is 285 Å². The number of hydrogen-bond acceptors (Lipinski definition) is 5. The van der Waals surface area contributed by atoms with Crippen molar-refractivity contribution in [1.82, 2.24) is 39.1 Å². The molecule has 0 atom stereocenters. The molecule has 0 spiro atoms. The highest BCUT2D eigenvalue weighted by atomic mass is 16.3. The van der Waals surface area contributed by atoms with Crippen LogP contribution in [0.1, 0.15) is 151 Å². The lowest BCUT2D eigenvalue weighted by Gasteiger charge is -2.17. The number of benzene rings is 14. The van der Waals surface area contributed by atoms with Crippen molar-refractivity contribution in [2.75, 3.05) is 0 Å². The molecule has 0 radical (unpaired) electrons. The molecule has 5 aromatic heterocycles. The third-order valence-electron chi connectivity index (χ3n) is 25.8. The quantitative estimate of drug-likeness (QED) is 0.0952. The van der Waals surface area contributed by atoms with Crippen molar-refractivity contribution in [1.29, 1.82) is 0 Å². The predicted octanol–water partition coefficient (Wildman–Crippen LogP) is 27.5. The number of furan rings is 1. The molecule has 19 rings (SSSR count). The zero-order valence-corrected chi connectivity index (χ0v) is 82.5. The van der Waals surface area contributed by atoms with Gasteiger partial charge < -0.3 is 4.42 Å². The highest BCUT2D eigenvalue weighted by Gasteiger charge is 2.38. The van der Waals surface area contributed by atoms with Gasteiger partial charge in [-0.15, -0.1) is 0 Å². The van der Waals surface area contributed by atoms with Gasteiger partial charge >= 0.3 is 23.3 Å². The van der Waals surface area contributed by atoms with E-state index in [1.807, 2.05) is 12.1 Å². The molecule has 0 fully saturated rings. The van der Waals surface area contributed by atoms with Crippen LogP contribution in [0.2, 0.25) is 0 Å². The Morgan fingerprint density at radius 1 is 0.233 bits per heavy atom. The Hall–Kier alpha value is -14.6. The van der Waals surface area contributed by atoms with Gasteiger partial charge in [-0.05, 0) is 299 Å². The summed E-state index contributed by atoms with van der Waals surface area (Å²) in [5.74, 6) is 8.90. The fourth-order valence-corrected chi connectivity index (χ4v) is 19.8. The zero-order chi connectivity index (χ0) is 94.4. The maximum Gasteiger partial charge on any atom is 0.309 e. The van der Waals surface area contributed by atoms with Crippen LogP contribution in [0.3, 0.4) is 0 Å². The Labute approximate surface area is 786 Å². The SMILES string of the molecule is Cc1cc(C)cc(-c2nn(-c3c(C(C)C)cccc3C(C)C)c(-c3ccccc3C)[n+]2C)c1.Cc1cc(C)cc(-c2nn(-c3c(C)cc(-c4ccccc4)cc3C)c(-c3ccccc3C)[n+]2C)c1.Cc1cc(C)cc(-c2nn(-c3c(C)cccc3C)c(-c3c(C)ccc4c3oc3ccccc34)[n+]2C)c1.Cc1cc(C)cc(-c2nn(-c3c(C)cccc3C)c(-c3ccccc3C)[n+]2C)c1. The van der Waals surface area contributed by atoms with Gasteiger partial charge in [0.05, 0.1) is 93.1 Å². The molecule has 14 aromatic carbocycles. The van der Waals surface area contributed by atoms with Crippen LogP contribution in [0.5, 0.6) is 0 Å². The van der Waals surface area contributed by atoms with Gasteiger partial charge in [0.25, 0.3) is 23.3 Å². The van der Waals surface area contributed by atoms with Gasteiger partial charge in [0.2, 0.25) is 0 Å². The van der Waals surface area contributed by atoms with Gasteiger partial charge in [-0.25, -0.2) is 18.3 Å². The summed E-state index contributed by atoms with van der Waals surface area (Å²) in [6.45, 7) is 47.9. The molecular formula is C120H126N12O+4. The van der Waals surface area contributed by atoms with E-state index in [2.05, 4.69) is 484 Å². The molecule has 668 valence electrons. The standard InChI is InChI=1S/C32H30N3O.C32H32N3.C30H36N3.C26H28N3/c1-19-16-20(2)18-24(17-19)31-33-35(29-22(4)10-9-11-23(29)5)32(34(31)6)28-21(3)14-15-26-25-12-7-8-13-27(25)36-30(26)28;1-21-16-22(2)18-28(17-21)31-33-35(32(34(31)6)29-15-11-10-12-23(29)3)30-24(4)19-27(20-25(30)5)26-13-8-7-9-14-26;1-19(2)25-14-11-15-26(20(3)4)28(25)33-30(27-13-10-9-12-23(27)7)32(8)29(31-33)24-17-21(5)16-22(6)18-24;1-17-14-18(2)16-22(15-17)25-27-29(24-20(4)11-9-12-21(24)5)26(28(25)6)23-13-8-7-10-19(23)3/h7-18H,1-6H3;7-20H,1-6H3;9-20H,1-8H3;7-16H,1-6H3/q4*+1. The Morgan fingerprint density at radius 3 is 0.880 bits per heavy atom. The molecule has 0 aliphatic heterocycles. The van der Waals surface area contributed by atoms with Gasteiger partial charge in [0.15, 0.2) is 0 Å². The first-order valence-electron chi connectivity index (χ1n) is 46.6. The molecular weight excluding hydrogens is 1630 g/mol. The van der Waals surface area contributed by atoms with E-state index < -0.39 is 0 Å². The monoisotopic (exact) mass is 1750 g/mol. The first-order valence-corrected chi connectivity index (χ1v) is 46.6. The van der Waals surface area contributed by atoms with Crippen molar-refractivity contribution in [3.05, 3.63) is 390 Å². The van der Waals surface area contributed by atoms with Crippen molar-refractivity contribution < 1.29 is 22.7 Å². The number of rotatable bonds is 15. The molecule has 13 heteroatoms. The van der Waals surface area contributed by atoms with Crippen molar-refractivity contribution >= 4 is 21.9 Å². The molecule has 0 N–H and O–H groups in total. The van der Waals surface area contributed by atoms with Gasteiger partial charge in [0.1, 0.15) is 33.9 Å². The number of hydrogen-bond donors (Lipinski definition) is 0. The van der Waals surface area contributed by atoms with Crippen molar-refractivity contribution in [2.45, 2.75) is 164 Å². The summed E-state index contributed by atoms with van der Waals surface area (Å²) in [5, 5.41) is 23.2. The molecule has 0 saturated carbocycles. The third kappa shape index (κ3) is 18.3. The van der Waals surface area contributed by atoms with Gasteiger partial charge in [-0.2, -0.15) is 0 Å². The minimum atomic E-state index is 0.391. The normalized spacial score (nSPS) is 11.4. The van der Waals surface area contributed by atoms with E-state index >= 15 is 0 Å². The Morgan fingerprint density at radius 2 is 0.526 bits per heavy atom. The minimum absolute atomic E-state index is 0.391. The Balaban J connectivity index is 0.000000130. The van der Waals surface area contributed by atoms with Gasteiger partial charge in [-0.3, -0.25) is 0 Å². The first kappa shape index (κ1) is 91.7. The highest BCUT2D eigenvalue weighted by molar-refractivity contribution is 6.09. The summed E-state index contributed by atoms with van der Waals surface area (Å²) in [7, 11) is 8.50. The molecule has 0 aliphatic rings. The van der Waals surface area contributed by atoms with Crippen molar-refractivity contribution in [3.8, 4) is 125 Å².